The minimum Gasteiger partial charge on any atom is -0.456 e. The molecule has 0 spiro atoms. The maximum atomic E-state index is 6.36. The van der Waals surface area contributed by atoms with Crippen LogP contribution < -0.4 is 0 Å². The van der Waals surface area contributed by atoms with Gasteiger partial charge in [-0.2, -0.15) is 0 Å². The molecule has 51 heavy (non-hydrogen) atoms. The van der Waals surface area contributed by atoms with Crippen molar-refractivity contribution in [3.8, 4) is 39.9 Å². The van der Waals surface area contributed by atoms with Crippen molar-refractivity contribution in [2.45, 2.75) is 0 Å². The Kier molecular flexibility index (Phi) is 6.05. The highest BCUT2D eigenvalue weighted by molar-refractivity contribution is 7.25. The summed E-state index contributed by atoms with van der Waals surface area (Å²) in [6, 6.07) is 55.0. The lowest BCUT2D eigenvalue weighted by Gasteiger charge is -2.11. The number of thiophene rings is 1. The second-order valence-corrected chi connectivity index (χ2v) is 13.9. The van der Waals surface area contributed by atoms with E-state index in [1.165, 1.54) is 30.9 Å². The highest BCUT2D eigenvalue weighted by atomic mass is 32.1. The van der Waals surface area contributed by atoms with Gasteiger partial charge in [0.2, 0.25) is 0 Å². The van der Waals surface area contributed by atoms with Gasteiger partial charge in [-0.05, 0) is 42.5 Å². The van der Waals surface area contributed by atoms with Crippen LogP contribution in [-0.2, 0) is 0 Å². The molecule has 0 bridgehead atoms. The summed E-state index contributed by atoms with van der Waals surface area (Å²) in [6.45, 7) is 0. The van der Waals surface area contributed by atoms with Gasteiger partial charge in [-0.3, -0.25) is 0 Å². The number of benzene rings is 7. The van der Waals surface area contributed by atoms with E-state index in [0.29, 0.717) is 17.5 Å². The summed E-state index contributed by atoms with van der Waals surface area (Å²) < 4.78 is 11.2. The molecule has 0 saturated carbocycles. The Balaban J connectivity index is 1.11. The quantitative estimate of drug-likeness (QED) is 0.187. The molecular formula is C45H26N4OS. The average molecular weight is 671 g/mol. The largest absolute Gasteiger partial charge is 0.456 e. The van der Waals surface area contributed by atoms with Crippen molar-refractivity contribution >= 4 is 75.3 Å². The number of para-hydroxylation sites is 2. The number of hydrogen-bond donors (Lipinski definition) is 0. The molecule has 6 heteroatoms. The lowest BCUT2D eigenvalue weighted by molar-refractivity contribution is 0.669. The molecule has 4 heterocycles. The van der Waals surface area contributed by atoms with Crippen LogP contribution in [0.2, 0.25) is 0 Å². The third kappa shape index (κ3) is 4.43. The molecule has 0 aliphatic heterocycles. The van der Waals surface area contributed by atoms with Gasteiger partial charge in [-0.25, -0.2) is 15.0 Å². The molecule has 0 N–H and O–H groups in total. The second kappa shape index (κ2) is 10.9. The van der Waals surface area contributed by atoms with Gasteiger partial charge < -0.3 is 8.98 Å². The Morgan fingerprint density at radius 2 is 1.06 bits per heavy atom. The molecule has 4 aromatic heterocycles. The van der Waals surface area contributed by atoms with Crippen LogP contribution in [0.25, 0.3) is 104 Å². The molecule has 5 nitrogen and oxygen atoms in total. The summed E-state index contributed by atoms with van der Waals surface area (Å²) in [4.78, 5) is 15.2. The molecule has 0 amide bonds. The van der Waals surface area contributed by atoms with E-state index in [4.69, 9.17) is 19.4 Å². The molecule has 0 saturated heterocycles. The fourth-order valence-corrected chi connectivity index (χ4v) is 8.61. The van der Waals surface area contributed by atoms with E-state index in [1.54, 1.807) is 11.3 Å². The minimum atomic E-state index is 0.623. The Bertz CT molecular complexity index is 3150. The fraction of sp³-hybridized carbons (Fsp3) is 0. The number of fused-ring (bicyclic) bond motifs is 9. The fourth-order valence-electron chi connectivity index (χ4n) is 7.47. The monoisotopic (exact) mass is 670 g/mol. The van der Waals surface area contributed by atoms with E-state index < -0.39 is 0 Å². The molecule has 11 rings (SSSR count). The molecule has 0 fully saturated rings. The molecule has 0 aliphatic rings. The summed E-state index contributed by atoms with van der Waals surface area (Å²) in [5, 5.41) is 7.13. The highest BCUT2D eigenvalue weighted by Crippen LogP contribution is 2.39. The molecule has 0 unspecified atom stereocenters. The summed E-state index contributed by atoms with van der Waals surface area (Å²) in [7, 11) is 0. The van der Waals surface area contributed by atoms with Crippen LogP contribution in [-0.4, -0.2) is 19.5 Å². The van der Waals surface area contributed by atoms with Crippen LogP contribution >= 0.6 is 11.3 Å². The van der Waals surface area contributed by atoms with Crippen molar-refractivity contribution in [1.29, 1.82) is 0 Å². The van der Waals surface area contributed by atoms with Gasteiger partial charge in [0.25, 0.3) is 0 Å². The van der Waals surface area contributed by atoms with Gasteiger partial charge in [-0.1, -0.05) is 109 Å². The first-order valence-corrected chi connectivity index (χ1v) is 17.8. The van der Waals surface area contributed by atoms with Crippen LogP contribution in [0.1, 0.15) is 0 Å². The van der Waals surface area contributed by atoms with E-state index in [9.17, 15) is 0 Å². The average Bonchev–Trinajstić information content (AvgIpc) is 3.86. The van der Waals surface area contributed by atoms with Gasteiger partial charge >= 0.3 is 0 Å². The first kappa shape index (κ1) is 28.2. The Morgan fingerprint density at radius 1 is 0.392 bits per heavy atom. The molecule has 0 aliphatic carbocycles. The lowest BCUT2D eigenvalue weighted by atomic mass is 10.1. The molecule has 11 aromatic rings. The van der Waals surface area contributed by atoms with E-state index in [-0.39, 0.29) is 0 Å². The number of hydrogen-bond acceptors (Lipinski definition) is 5. The van der Waals surface area contributed by atoms with Crippen molar-refractivity contribution in [2.24, 2.45) is 0 Å². The standard InChI is InChI=1S/C45H26N4OS/c1-2-11-27(12-3-1)43-46-44(48-45(47-43)29-21-22-34-33-17-6-9-20-41(33)51-42(34)24-29)28-13-10-14-30(23-28)49-37-18-7-4-15-31(37)35-25-36-32-16-5-8-19-39(32)50-40(36)26-38(35)49/h1-26H. The topological polar surface area (TPSA) is 56.7 Å². The van der Waals surface area contributed by atoms with Gasteiger partial charge in [-0.15, -0.1) is 11.3 Å². The van der Waals surface area contributed by atoms with Crippen molar-refractivity contribution in [3.05, 3.63) is 158 Å². The Hall–Kier alpha value is -6.63. The van der Waals surface area contributed by atoms with Crippen LogP contribution in [0.4, 0.5) is 0 Å². The zero-order chi connectivity index (χ0) is 33.5. The third-order valence-electron chi connectivity index (χ3n) is 9.84. The normalized spacial score (nSPS) is 11.9. The van der Waals surface area contributed by atoms with Gasteiger partial charge in [0.1, 0.15) is 11.2 Å². The predicted molar refractivity (Wildman–Crippen MR) is 211 cm³/mol. The van der Waals surface area contributed by atoms with E-state index in [2.05, 4.69) is 120 Å². The lowest BCUT2D eigenvalue weighted by Crippen LogP contribution is -2.01. The molecule has 238 valence electrons. The predicted octanol–water partition coefficient (Wildman–Crippen LogP) is 12.2. The third-order valence-corrected chi connectivity index (χ3v) is 11.0. The van der Waals surface area contributed by atoms with Crippen LogP contribution in [0, 0.1) is 0 Å². The van der Waals surface area contributed by atoms with Crippen molar-refractivity contribution in [2.75, 3.05) is 0 Å². The first-order valence-electron chi connectivity index (χ1n) is 16.9. The van der Waals surface area contributed by atoms with Gasteiger partial charge in [0.05, 0.1) is 11.0 Å². The maximum absolute atomic E-state index is 6.36. The van der Waals surface area contributed by atoms with Gasteiger partial charge in [0.15, 0.2) is 17.5 Å². The second-order valence-electron chi connectivity index (χ2n) is 12.8. The summed E-state index contributed by atoms with van der Waals surface area (Å²) >= 11 is 1.79. The Labute approximate surface area is 295 Å². The molecular weight excluding hydrogens is 645 g/mol. The highest BCUT2D eigenvalue weighted by Gasteiger charge is 2.18. The number of nitrogens with zero attached hydrogens (tertiary/aromatic N) is 4. The van der Waals surface area contributed by atoms with Crippen molar-refractivity contribution < 1.29 is 4.42 Å². The maximum Gasteiger partial charge on any atom is 0.164 e. The number of rotatable bonds is 4. The van der Waals surface area contributed by atoms with Crippen LogP contribution in [0.15, 0.2) is 162 Å². The van der Waals surface area contributed by atoms with Crippen LogP contribution in [0.5, 0.6) is 0 Å². The van der Waals surface area contributed by atoms with Gasteiger partial charge in [0, 0.05) is 70.2 Å². The molecule has 0 radical (unpaired) electrons. The molecule has 0 atom stereocenters. The summed E-state index contributed by atoms with van der Waals surface area (Å²) in [5.74, 6) is 1.91. The zero-order valence-corrected chi connectivity index (χ0v) is 27.9. The smallest absolute Gasteiger partial charge is 0.164 e. The van der Waals surface area contributed by atoms with E-state index in [1.807, 2.05) is 42.5 Å². The minimum absolute atomic E-state index is 0.623. The van der Waals surface area contributed by atoms with Crippen molar-refractivity contribution in [1.82, 2.24) is 19.5 Å². The molecule has 7 aromatic carbocycles. The zero-order valence-electron chi connectivity index (χ0n) is 27.1. The van der Waals surface area contributed by atoms with E-state index in [0.717, 1.165) is 55.3 Å². The van der Waals surface area contributed by atoms with E-state index >= 15 is 0 Å². The number of furan rings is 1. The van der Waals surface area contributed by atoms with Crippen molar-refractivity contribution in [3.63, 3.8) is 0 Å². The summed E-state index contributed by atoms with van der Waals surface area (Å²) in [6.07, 6.45) is 0. The summed E-state index contributed by atoms with van der Waals surface area (Å²) in [5.41, 5.74) is 7.80. The first-order chi connectivity index (χ1) is 25.2. The number of aromatic nitrogens is 4. The SMILES string of the molecule is c1ccc(-c2nc(-c3cccc(-n4c5ccccc5c5cc6c(cc54)oc4ccccc46)c3)nc(-c3ccc4c(c3)sc3ccccc34)n2)cc1. The Morgan fingerprint density at radius 3 is 1.92 bits per heavy atom. The van der Waals surface area contributed by atoms with Crippen LogP contribution in [0.3, 0.4) is 0 Å².